The average Bonchev–Trinajstić information content (AvgIpc) is 3.10. The largest absolute Gasteiger partial charge is 0.545 e. The molecule has 1 aromatic heterocycles. The number of benzene rings is 2. The molecule has 1 heterocycles. The third kappa shape index (κ3) is 4.75. The number of aromatic amines is 1. The second kappa shape index (κ2) is 8.07. The minimum Gasteiger partial charge on any atom is -0.545 e. The highest BCUT2D eigenvalue weighted by Crippen LogP contribution is 2.27. The molecule has 0 aliphatic heterocycles. The summed E-state index contributed by atoms with van der Waals surface area (Å²) < 4.78 is 0. The third-order valence-corrected chi connectivity index (χ3v) is 4.55. The minimum absolute atomic E-state index is 0.00335. The van der Waals surface area contributed by atoms with Crippen molar-refractivity contribution in [1.29, 1.82) is 0 Å². The van der Waals surface area contributed by atoms with Crippen LogP contribution in [0.2, 0.25) is 5.02 Å². The fraction of sp³-hybridized carbons (Fsp3) is 0. The van der Waals surface area contributed by atoms with Crippen LogP contribution in [-0.2, 0) is 4.79 Å². The van der Waals surface area contributed by atoms with E-state index in [-0.39, 0.29) is 15.6 Å². The van der Waals surface area contributed by atoms with Gasteiger partial charge in [0.05, 0.1) is 11.9 Å². The SMILES string of the molecule is O=C([O-])/C(=C/c1ccc(C(=O)[O-])cc1)Sc1n[nH]c(-c2ccc(Cl)cc2)n1. The van der Waals surface area contributed by atoms with Gasteiger partial charge in [-0.1, -0.05) is 35.9 Å². The first kappa shape index (κ1) is 18.7. The molecule has 0 atom stereocenters. The Balaban J connectivity index is 1.81. The molecule has 3 rings (SSSR count). The number of hydrogen-bond donors (Lipinski definition) is 1. The van der Waals surface area contributed by atoms with Crippen molar-refractivity contribution in [3.05, 3.63) is 69.6 Å². The summed E-state index contributed by atoms with van der Waals surface area (Å²) in [5.41, 5.74) is 1.23. The van der Waals surface area contributed by atoms with E-state index < -0.39 is 11.9 Å². The Morgan fingerprint density at radius 1 is 1.04 bits per heavy atom. The van der Waals surface area contributed by atoms with Gasteiger partial charge in [-0.3, -0.25) is 5.10 Å². The maximum atomic E-state index is 11.4. The van der Waals surface area contributed by atoms with Crippen LogP contribution in [0.25, 0.3) is 17.5 Å². The first-order valence-electron chi connectivity index (χ1n) is 7.53. The number of rotatable bonds is 6. The molecule has 9 heteroatoms. The van der Waals surface area contributed by atoms with Crippen molar-refractivity contribution in [3.63, 3.8) is 0 Å². The molecule has 0 fully saturated rings. The van der Waals surface area contributed by atoms with Gasteiger partial charge in [0.2, 0.25) is 5.16 Å². The molecular formula is C18H10ClN3O4S-2. The van der Waals surface area contributed by atoms with Gasteiger partial charge < -0.3 is 19.8 Å². The number of aromatic carboxylic acids is 1. The molecule has 3 aromatic rings. The van der Waals surface area contributed by atoms with Crippen LogP contribution in [0.15, 0.2) is 58.6 Å². The van der Waals surface area contributed by atoms with Crippen LogP contribution in [0, 0.1) is 0 Å². The van der Waals surface area contributed by atoms with Gasteiger partial charge in [0.25, 0.3) is 0 Å². The second-order valence-electron chi connectivity index (χ2n) is 5.28. The van der Waals surface area contributed by atoms with Gasteiger partial charge >= 0.3 is 0 Å². The standard InChI is InChI=1S/C18H12ClN3O4S/c19-13-7-5-11(6-8-13)15-20-18(22-21-15)27-14(17(25)26)9-10-1-3-12(4-2-10)16(23)24/h1-9H,(H,23,24)(H,25,26)(H,20,21,22)/p-2/b14-9-. The van der Waals surface area contributed by atoms with E-state index in [1.807, 2.05) is 0 Å². The summed E-state index contributed by atoms with van der Waals surface area (Å²) in [6.45, 7) is 0. The predicted molar refractivity (Wildman–Crippen MR) is 96.4 cm³/mol. The molecule has 136 valence electrons. The summed E-state index contributed by atoms with van der Waals surface area (Å²) in [6, 6.07) is 12.5. The Labute approximate surface area is 162 Å². The molecule has 0 spiro atoms. The number of aliphatic carboxylic acids is 1. The molecule has 2 aromatic carbocycles. The molecule has 0 aliphatic carbocycles. The molecule has 1 N–H and O–H groups in total. The summed E-state index contributed by atoms with van der Waals surface area (Å²) in [4.78, 5) is 26.3. The molecule has 0 unspecified atom stereocenters. The molecule has 27 heavy (non-hydrogen) atoms. The van der Waals surface area contributed by atoms with Gasteiger partial charge in [-0.05, 0) is 53.2 Å². The second-order valence-corrected chi connectivity index (χ2v) is 6.73. The topological polar surface area (TPSA) is 122 Å². The smallest absolute Gasteiger partial charge is 0.213 e. The summed E-state index contributed by atoms with van der Waals surface area (Å²) in [5.74, 6) is -2.25. The highest BCUT2D eigenvalue weighted by Gasteiger charge is 2.10. The highest BCUT2D eigenvalue weighted by molar-refractivity contribution is 8.04. The van der Waals surface area contributed by atoms with Gasteiger partial charge in [0.1, 0.15) is 0 Å². The van der Waals surface area contributed by atoms with Crippen LogP contribution in [0.5, 0.6) is 0 Å². The van der Waals surface area contributed by atoms with Crippen molar-refractivity contribution in [2.24, 2.45) is 0 Å². The molecular weight excluding hydrogens is 390 g/mol. The van der Waals surface area contributed by atoms with E-state index in [4.69, 9.17) is 11.6 Å². The Bertz CT molecular complexity index is 1010. The van der Waals surface area contributed by atoms with Gasteiger partial charge in [0, 0.05) is 15.5 Å². The van der Waals surface area contributed by atoms with Crippen LogP contribution in [0.4, 0.5) is 0 Å². The van der Waals surface area contributed by atoms with Crippen LogP contribution >= 0.6 is 23.4 Å². The number of carbonyl (C=O) groups excluding carboxylic acids is 2. The molecule has 0 saturated carbocycles. The van der Waals surface area contributed by atoms with Crippen molar-refractivity contribution in [1.82, 2.24) is 15.2 Å². The van der Waals surface area contributed by atoms with E-state index in [1.54, 1.807) is 24.3 Å². The summed E-state index contributed by atoms with van der Waals surface area (Å²) in [6.07, 6.45) is 1.34. The molecule has 0 aliphatic rings. The maximum Gasteiger partial charge on any atom is 0.213 e. The quantitative estimate of drug-likeness (QED) is 0.490. The number of aromatic nitrogens is 3. The lowest BCUT2D eigenvalue weighted by Crippen LogP contribution is -2.23. The highest BCUT2D eigenvalue weighted by atomic mass is 35.5. The molecule has 0 saturated heterocycles. The number of halogens is 1. The maximum absolute atomic E-state index is 11.4. The normalized spacial score (nSPS) is 11.4. The van der Waals surface area contributed by atoms with Crippen LogP contribution in [0.1, 0.15) is 15.9 Å². The number of carboxylic acid groups (broad SMARTS) is 2. The first-order chi connectivity index (χ1) is 12.9. The molecule has 7 nitrogen and oxygen atoms in total. The number of hydrogen-bond acceptors (Lipinski definition) is 7. The fourth-order valence-corrected chi connectivity index (χ4v) is 2.95. The van der Waals surface area contributed by atoms with Crippen molar-refractivity contribution in [2.45, 2.75) is 5.16 Å². The monoisotopic (exact) mass is 399 g/mol. The van der Waals surface area contributed by atoms with Gasteiger partial charge in [-0.25, -0.2) is 4.98 Å². The Morgan fingerprint density at radius 2 is 1.70 bits per heavy atom. The lowest BCUT2D eigenvalue weighted by Gasteiger charge is -2.07. The van der Waals surface area contributed by atoms with E-state index in [0.717, 1.165) is 17.3 Å². The van der Waals surface area contributed by atoms with Crippen LogP contribution < -0.4 is 10.2 Å². The summed E-state index contributed by atoms with van der Waals surface area (Å²) in [7, 11) is 0. The Morgan fingerprint density at radius 3 is 2.30 bits per heavy atom. The van der Waals surface area contributed by atoms with Crippen LogP contribution in [-0.4, -0.2) is 27.1 Å². The van der Waals surface area contributed by atoms with Crippen LogP contribution in [0.3, 0.4) is 0 Å². The van der Waals surface area contributed by atoms with Crippen molar-refractivity contribution in [3.8, 4) is 11.4 Å². The zero-order chi connectivity index (χ0) is 19.4. The molecule has 0 amide bonds. The van der Waals surface area contributed by atoms with Gasteiger partial charge in [-0.15, -0.1) is 5.10 Å². The number of nitrogens with zero attached hydrogens (tertiary/aromatic N) is 2. The summed E-state index contributed by atoms with van der Waals surface area (Å²) >= 11 is 6.66. The number of nitrogens with one attached hydrogen (secondary N) is 1. The number of carbonyl (C=O) groups is 2. The van der Waals surface area contributed by atoms with E-state index >= 15 is 0 Å². The molecule has 0 radical (unpaired) electrons. The number of carboxylic acids is 2. The zero-order valence-corrected chi connectivity index (χ0v) is 15.1. The predicted octanol–water partition coefficient (Wildman–Crippen LogP) is 1.37. The third-order valence-electron chi connectivity index (χ3n) is 3.43. The minimum atomic E-state index is -1.40. The van der Waals surface area contributed by atoms with E-state index in [0.29, 0.717) is 16.4 Å². The molecule has 0 bridgehead atoms. The van der Waals surface area contributed by atoms with E-state index in [2.05, 4.69) is 15.2 Å². The van der Waals surface area contributed by atoms with Gasteiger partial charge in [-0.2, -0.15) is 0 Å². The van der Waals surface area contributed by atoms with Crippen molar-refractivity contribution < 1.29 is 19.8 Å². The fourth-order valence-electron chi connectivity index (χ4n) is 2.12. The zero-order valence-electron chi connectivity index (χ0n) is 13.5. The van der Waals surface area contributed by atoms with Crippen molar-refractivity contribution >= 4 is 41.4 Å². The van der Waals surface area contributed by atoms with E-state index in [9.17, 15) is 19.8 Å². The van der Waals surface area contributed by atoms with E-state index in [1.165, 1.54) is 30.3 Å². The Kier molecular flexibility index (Phi) is 5.58. The average molecular weight is 400 g/mol. The Hall–Kier alpha value is -3.10. The lowest BCUT2D eigenvalue weighted by molar-refractivity contribution is -0.298. The number of thioether (sulfide) groups is 1. The number of H-pyrrole nitrogens is 1. The van der Waals surface area contributed by atoms with Gasteiger partial charge in [0.15, 0.2) is 5.82 Å². The van der Waals surface area contributed by atoms with Crippen molar-refractivity contribution in [2.75, 3.05) is 0 Å². The lowest BCUT2D eigenvalue weighted by atomic mass is 10.1. The summed E-state index contributed by atoms with van der Waals surface area (Å²) in [5, 5.41) is 29.7. The first-order valence-corrected chi connectivity index (χ1v) is 8.72.